The van der Waals surface area contributed by atoms with Crippen molar-refractivity contribution in [1.29, 1.82) is 0 Å². The van der Waals surface area contributed by atoms with Gasteiger partial charge in [-0.05, 0) is 54.6 Å². The van der Waals surface area contributed by atoms with E-state index in [0.717, 1.165) is 11.8 Å². The second-order valence-electron chi connectivity index (χ2n) is 6.19. The molecule has 3 aromatic rings. The first-order valence-corrected chi connectivity index (χ1v) is 8.93. The van der Waals surface area contributed by atoms with E-state index in [-0.39, 0.29) is 11.3 Å². The maximum Gasteiger partial charge on any atom is 0.336 e. The Morgan fingerprint density at radius 2 is 1.66 bits per heavy atom. The highest BCUT2D eigenvalue weighted by atomic mass is 35.5. The third kappa shape index (κ3) is 3.43. The van der Waals surface area contributed by atoms with Crippen molar-refractivity contribution >= 4 is 41.2 Å². The van der Waals surface area contributed by atoms with Crippen molar-refractivity contribution in [2.24, 2.45) is 0 Å². The van der Waals surface area contributed by atoms with Crippen LogP contribution in [-0.2, 0) is 9.59 Å². The number of nitrogens with one attached hydrogen (secondary N) is 1. The number of rotatable bonds is 3. The van der Waals surface area contributed by atoms with Gasteiger partial charge in [0.15, 0.2) is 0 Å². The number of aromatic nitrogens is 1. The van der Waals surface area contributed by atoms with E-state index in [1.807, 2.05) is 0 Å². The van der Waals surface area contributed by atoms with Gasteiger partial charge in [-0.3, -0.25) is 14.9 Å². The SMILES string of the molecule is O=C1NC(=O)N(c2ccccc2F)C(=O)/C1=C/c1cccn1-c1ccc(Cl)cc1. The first-order valence-electron chi connectivity index (χ1n) is 8.55. The van der Waals surface area contributed by atoms with Crippen LogP contribution in [0.3, 0.4) is 0 Å². The number of nitrogens with zero attached hydrogens (tertiary/aromatic N) is 2. The molecule has 0 aliphatic carbocycles. The standard InChI is InChI=1S/C21H13ClFN3O3/c22-13-7-9-14(10-8-13)25-11-3-4-15(25)12-16-19(27)24-21(29)26(20(16)28)18-6-2-1-5-17(18)23/h1-12H,(H,24,27,29)/b16-12+. The van der Waals surface area contributed by atoms with Crippen molar-refractivity contribution in [3.63, 3.8) is 0 Å². The highest BCUT2D eigenvalue weighted by Crippen LogP contribution is 2.25. The normalized spacial score (nSPS) is 15.7. The summed E-state index contributed by atoms with van der Waals surface area (Å²) in [7, 11) is 0. The maximum atomic E-state index is 14.1. The first-order chi connectivity index (χ1) is 14.0. The van der Waals surface area contributed by atoms with Crippen LogP contribution in [-0.4, -0.2) is 22.4 Å². The number of barbiturate groups is 1. The minimum absolute atomic E-state index is 0.235. The fourth-order valence-electron chi connectivity index (χ4n) is 3.01. The first kappa shape index (κ1) is 18.6. The van der Waals surface area contributed by atoms with Crippen LogP contribution >= 0.6 is 11.6 Å². The van der Waals surface area contributed by atoms with Gasteiger partial charge in [0.2, 0.25) is 0 Å². The Balaban J connectivity index is 1.76. The molecule has 0 atom stereocenters. The Kier molecular flexibility index (Phi) is 4.74. The van der Waals surface area contributed by atoms with E-state index in [4.69, 9.17) is 11.6 Å². The number of para-hydroxylation sites is 1. The molecule has 1 N–H and O–H groups in total. The number of carbonyl (C=O) groups is 3. The van der Waals surface area contributed by atoms with Gasteiger partial charge in [0.25, 0.3) is 11.8 Å². The molecule has 1 saturated heterocycles. The quantitative estimate of drug-likeness (QED) is 0.526. The van der Waals surface area contributed by atoms with Gasteiger partial charge in [-0.15, -0.1) is 0 Å². The molecule has 8 heteroatoms. The summed E-state index contributed by atoms with van der Waals surface area (Å²) < 4.78 is 15.9. The van der Waals surface area contributed by atoms with Gasteiger partial charge in [-0.25, -0.2) is 14.1 Å². The minimum atomic E-state index is -1.00. The van der Waals surface area contributed by atoms with Crippen LogP contribution < -0.4 is 10.2 Å². The predicted octanol–water partition coefficient (Wildman–Crippen LogP) is 3.94. The lowest BCUT2D eigenvalue weighted by molar-refractivity contribution is -0.122. The number of imide groups is 2. The summed E-state index contributed by atoms with van der Waals surface area (Å²) >= 11 is 5.92. The summed E-state index contributed by atoms with van der Waals surface area (Å²) in [6, 6.07) is 14.8. The van der Waals surface area contributed by atoms with Crippen LogP contribution in [0, 0.1) is 5.82 Å². The van der Waals surface area contributed by atoms with Gasteiger partial charge in [0.05, 0.1) is 5.69 Å². The fraction of sp³-hybridized carbons (Fsp3) is 0. The molecule has 144 valence electrons. The molecule has 1 aliphatic heterocycles. The van der Waals surface area contributed by atoms with Crippen LogP contribution in [0.15, 0.2) is 72.4 Å². The lowest BCUT2D eigenvalue weighted by atomic mass is 10.1. The molecule has 2 heterocycles. The number of halogens is 2. The monoisotopic (exact) mass is 409 g/mol. The summed E-state index contributed by atoms with van der Waals surface area (Å²) in [5.74, 6) is -2.52. The van der Waals surface area contributed by atoms with Gasteiger partial charge in [0, 0.05) is 22.6 Å². The van der Waals surface area contributed by atoms with E-state index in [0.29, 0.717) is 15.6 Å². The van der Waals surface area contributed by atoms with E-state index in [1.54, 1.807) is 47.2 Å². The van der Waals surface area contributed by atoms with Gasteiger partial charge in [-0.1, -0.05) is 23.7 Å². The lowest BCUT2D eigenvalue weighted by Crippen LogP contribution is -2.54. The number of urea groups is 1. The highest BCUT2D eigenvalue weighted by molar-refractivity contribution is 6.39. The summed E-state index contributed by atoms with van der Waals surface area (Å²) in [5, 5.41) is 2.65. The molecule has 6 nitrogen and oxygen atoms in total. The highest BCUT2D eigenvalue weighted by Gasteiger charge is 2.38. The topological polar surface area (TPSA) is 71.4 Å². The zero-order valence-corrected chi connectivity index (χ0v) is 15.6. The zero-order valence-electron chi connectivity index (χ0n) is 14.8. The second kappa shape index (κ2) is 7.37. The summed E-state index contributed by atoms with van der Waals surface area (Å²) in [4.78, 5) is 38.0. The van der Waals surface area contributed by atoms with Gasteiger partial charge < -0.3 is 4.57 Å². The second-order valence-corrected chi connectivity index (χ2v) is 6.63. The Morgan fingerprint density at radius 1 is 0.931 bits per heavy atom. The molecule has 1 aromatic heterocycles. The van der Waals surface area contributed by atoms with Gasteiger partial charge >= 0.3 is 6.03 Å². The van der Waals surface area contributed by atoms with Crippen molar-refractivity contribution in [3.8, 4) is 5.69 Å². The third-order valence-corrected chi connectivity index (χ3v) is 4.62. The molecule has 1 aliphatic rings. The Bertz CT molecular complexity index is 1170. The Hall–Kier alpha value is -3.71. The molecular formula is C21H13ClFN3O3. The van der Waals surface area contributed by atoms with Crippen molar-refractivity contribution in [2.75, 3.05) is 4.90 Å². The molecule has 0 radical (unpaired) electrons. The van der Waals surface area contributed by atoms with Crippen LogP contribution in [0.4, 0.5) is 14.9 Å². The van der Waals surface area contributed by atoms with Crippen molar-refractivity contribution in [2.45, 2.75) is 0 Å². The van der Waals surface area contributed by atoms with Crippen molar-refractivity contribution < 1.29 is 18.8 Å². The van der Waals surface area contributed by atoms with E-state index >= 15 is 0 Å². The van der Waals surface area contributed by atoms with E-state index in [2.05, 4.69) is 5.32 Å². The number of carbonyl (C=O) groups excluding carboxylic acids is 3. The minimum Gasteiger partial charge on any atom is -0.317 e. The smallest absolute Gasteiger partial charge is 0.317 e. The largest absolute Gasteiger partial charge is 0.336 e. The molecule has 2 aromatic carbocycles. The molecular weight excluding hydrogens is 397 g/mol. The Labute approximate surface area is 169 Å². The molecule has 29 heavy (non-hydrogen) atoms. The Morgan fingerprint density at radius 3 is 2.38 bits per heavy atom. The lowest BCUT2D eigenvalue weighted by Gasteiger charge is -2.26. The number of hydrogen-bond donors (Lipinski definition) is 1. The molecule has 4 amide bonds. The molecule has 0 unspecified atom stereocenters. The number of benzene rings is 2. The fourth-order valence-corrected chi connectivity index (χ4v) is 3.13. The van der Waals surface area contributed by atoms with Crippen molar-refractivity contribution in [3.05, 3.63) is 89.0 Å². The van der Waals surface area contributed by atoms with Crippen LogP contribution in [0.1, 0.15) is 5.69 Å². The number of anilines is 1. The molecule has 1 fully saturated rings. The van der Waals surface area contributed by atoms with Gasteiger partial charge in [0.1, 0.15) is 11.4 Å². The van der Waals surface area contributed by atoms with Crippen LogP contribution in [0.5, 0.6) is 0 Å². The van der Waals surface area contributed by atoms with Crippen LogP contribution in [0.25, 0.3) is 11.8 Å². The maximum absolute atomic E-state index is 14.1. The molecule has 0 spiro atoms. The van der Waals surface area contributed by atoms with Crippen molar-refractivity contribution in [1.82, 2.24) is 9.88 Å². The number of hydrogen-bond acceptors (Lipinski definition) is 3. The van der Waals surface area contributed by atoms with E-state index in [1.165, 1.54) is 24.3 Å². The average Bonchev–Trinajstić information content (AvgIpc) is 3.15. The van der Waals surface area contributed by atoms with Crippen LogP contribution in [0.2, 0.25) is 5.02 Å². The van der Waals surface area contributed by atoms with E-state index in [9.17, 15) is 18.8 Å². The average molecular weight is 410 g/mol. The molecule has 0 saturated carbocycles. The van der Waals surface area contributed by atoms with Gasteiger partial charge in [-0.2, -0.15) is 0 Å². The predicted molar refractivity (Wildman–Crippen MR) is 106 cm³/mol. The summed E-state index contributed by atoms with van der Waals surface area (Å²) in [6.07, 6.45) is 3.10. The summed E-state index contributed by atoms with van der Waals surface area (Å²) in [5.41, 5.74) is 0.758. The number of amides is 4. The summed E-state index contributed by atoms with van der Waals surface area (Å²) in [6.45, 7) is 0. The zero-order chi connectivity index (χ0) is 20.5. The van der Waals surface area contributed by atoms with E-state index < -0.39 is 23.7 Å². The molecule has 0 bridgehead atoms. The molecule has 4 rings (SSSR count). The third-order valence-electron chi connectivity index (χ3n) is 4.37.